The van der Waals surface area contributed by atoms with Crippen molar-refractivity contribution in [1.29, 1.82) is 0 Å². The molecule has 0 bridgehead atoms. The summed E-state index contributed by atoms with van der Waals surface area (Å²) in [5.74, 6) is 0.0597. The molecule has 4 heteroatoms. The highest BCUT2D eigenvalue weighted by Crippen LogP contribution is 2.18. The van der Waals surface area contributed by atoms with Crippen LogP contribution in [0.15, 0.2) is 48.5 Å². The summed E-state index contributed by atoms with van der Waals surface area (Å²) in [6.07, 6.45) is 0. The van der Waals surface area contributed by atoms with Crippen molar-refractivity contribution in [3.05, 3.63) is 64.7 Å². The van der Waals surface area contributed by atoms with Crippen LogP contribution in [0, 0.1) is 0 Å². The highest BCUT2D eigenvalue weighted by atomic mass is 35.5. The summed E-state index contributed by atoms with van der Waals surface area (Å²) in [6.45, 7) is 2.85. The zero-order valence-electron chi connectivity index (χ0n) is 12.3. The molecule has 1 N–H and O–H groups in total. The second-order valence-corrected chi connectivity index (χ2v) is 5.43. The van der Waals surface area contributed by atoms with Crippen molar-refractivity contribution in [3.8, 4) is 0 Å². The largest absolute Gasteiger partial charge is 0.381 e. The van der Waals surface area contributed by atoms with E-state index in [4.69, 9.17) is 11.6 Å². The zero-order chi connectivity index (χ0) is 15.2. The molecule has 0 unspecified atom stereocenters. The van der Waals surface area contributed by atoms with E-state index in [-0.39, 0.29) is 5.91 Å². The molecule has 2 rings (SSSR count). The second kappa shape index (κ2) is 7.14. The van der Waals surface area contributed by atoms with Crippen LogP contribution >= 0.6 is 11.6 Å². The highest BCUT2D eigenvalue weighted by Gasteiger charge is 2.04. The van der Waals surface area contributed by atoms with Gasteiger partial charge >= 0.3 is 0 Å². The molecule has 0 heterocycles. The summed E-state index contributed by atoms with van der Waals surface area (Å²) in [5.41, 5.74) is 3.17. The molecule has 0 saturated carbocycles. The number of nitrogens with zero attached hydrogens (tertiary/aromatic N) is 1. The number of hydrogen-bond donors (Lipinski definition) is 1. The van der Waals surface area contributed by atoms with Crippen LogP contribution in [0.25, 0.3) is 0 Å². The normalized spacial score (nSPS) is 10.2. The first-order chi connectivity index (χ1) is 10.1. The molecule has 3 nitrogen and oxygen atoms in total. The first-order valence-corrected chi connectivity index (χ1v) is 7.22. The van der Waals surface area contributed by atoms with E-state index in [1.54, 1.807) is 18.9 Å². The Labute approximate surface area is 130 Å². The van der Waals surface area contributed by atoms with Gasteiger partial charge in [-0.25, -0.2) is 0 Å². The van der Waals surface area contributed by atoms with Crippen molar-refractivity contribution in [2.24, 2.45) is 0 Å². The number of amides is 1. The van der Waals surface area contributed by atoms with Gasteiger partial charge in [0.15, 0.2) is 0 Å². The number of benzene rings is 2. The van der Waals surface area contributed by atoms with Crippen molar-refractivity contribution in [1.82, 2.24) is 4.90 Å². The van der Waals surface area contributed by atoms with Gasteiger partial charge in [-0.15, -0.1) is 0 Å². The van der Waals surface area contributed by atoms with E-state index in [1.807, 2.05) is 42.5 Å². The van der Waals surface area contributed by atoms with Gasteiger partial charge in [0.2, 0.25) is 5.91 Å². The number of nitrogens with one attached hydrogen (secondary N) is 1. The van der Waals surface area contributed by atoms with Crippen LogP contribution in [0.3, 0.4) is 0 Å². The molecule has 2 aromatic rings. The molecule has 0 fully saturated rings. The smallest absolute Gasteiger partial charge is 0.219 e. The lowest BCUT2D eigenvalue weighted by molar-refractivity contribution is -0.128. The fourth-order valence-corrected chi connectivity index (χ4v) is 2.21. The number of anilines is 1. The predicted molar refractivity (Wildman–Crippen MR) is 87.4 cm³/mol. The minimum Gasteiger partial charge on any atom is -0.381 e. The van der Waals surface area contributed by atoms with Crippen molar-refractivity contribution in [3.63, 3.8) is 0 Å². The minimum atomic E-state index is 0.0597. The van der Waals surface area contributed by atoms with Gasteiger partial charge < -0.3 is 10.2 Å². The number of carbonyl (C=O) groups excluding carboxylic acids is 1. The van der Waals surface area contributed by atoms with E-state index in [9.17, 15) is 4.79 Å². The van der Waals surface area contributed by atoms with Gasteiger partial charge in [-0.2, -0.15) is 0 Å². The standard InChI is InChI=1S/C17H19ClN2O/c1-13(21)20(2)12-14-6-5-8-16(10-14)19-11-15-7-3-4-9-17(15)18/h3-10,19H,11-12H2,1-2H3. The van der Waals surface area contributed by atoms with Crippen molar-refractivity contribution >= 4 is 23.2 Å². The molecule has 0 aliphatic heterocycles. The Kier molecular flexibility index (Phi) is 5.23. The molecule has 0 saturated heterocycles. The number of carbonyl (C=O) groups is 1. The summed E-state index contributed by atoms with van der Waals surface area (Å²) in [6, 6.07) is 15.8. The van der Waals surface area contributed by atoms with Crippen molar-refractivity contribution < 1.29 is 4.79 Å². The Bertz CT molecular complexity index is 628. The van der Waals surface area contributed by atoms with Crippen LogP contribution in [0.4, 0.5) is 5.69 Å². The molecule has 0 radical (unpaired) electrons. The third kappa shape index (κ3) is 4.50. The third-order valence-corrected chi connectivity index (χ3v) is 3.69. The first-order valence-electron chi connectivity index (χ1n) is 6.84. The van der Waals surface area contributed by atoms with Crippen LogP contribution in [0.1, 0.15) is 18.1 Å². The van der Waals surface area contributed by atoms with Crippen LogP contribution in [-0.4, -0.2) is 17.9 Å². The zero-order valence-corrected chi connectivity index (χ0v) is 13.0. The Balaban J connectivity index is 2.01. The SMILES string of the molecule is CC(=O)N(C)Cc1cccc(NCc2ccccc2Cl)c1. The summed E-state index contributed by atoms with van der Waals surface area (Å²) in [4.78, 5) is 13.0. The van der Waals surface area contributed by atoms with Crippen LogP contribution in [-0.2, 0) is 17.9 Å². The molecule has 0 atom stereocenters. The molecular formula is C17H19ClN2O. The lowest BCUT2D eigenvalue weighted by Crippen LogP contribution is -2.23. The van der Waals surface area contributed by atoms with Gasteiger partial charge in [0, 0.05) is 37.8 Å². The summed E-state index contributed by atoms with van der Waals surface area (Å²) in [7, 11) is 1.80. The first kappa shape index (κ1) is 15.4. The number of halogens is 1. The van der Waals surface area contributed by atoms with E-state index in [0.29, 0.717) is 13.1 Å². The van der Waals surface area contributed by atoms with Crippen molar-refractivity contribution in [2.45, 2.75) is 20.0 Å². The van der Waals surface area contributed by atoms with Crippen molar-refractivity contribution in [2.75, 3.05) is 12.4 Å². The number of hydrogen-bond acceptors (Lipinski definition) is 2. The van der Waals surface area contributed by atoms with Crippen LogP contribution < -0.4 is 5.32 Å². The fourth-order valence-electron chi connectivity index (χ4n) is 2.00. The molecule has 21 heavy (non-hydrogen) atoms. The maximum Gasteiger partial charge on any atom is 0.219 e. The maximum absolute atomic E-state index is 11.3. The summed E-state index contributed by atoms with van der Waals surface area (Å²) >= 11 is 6.14. The highest BCUT2D eigenvalue weighted by molar-refractivity contribution is 6.31. The maximum atomic E-state index is 11.3. The van der Waals surface area contributed by atoms with Crippen LogP contribution in [0.5, 0.6) is 0 Å². The second-order valence-electron chi connectivity index (χ2n) is 5.02. The molecule has 110 valence electrons. The van der Waals surface area contributed by atoms with Gasteiger partial charge in [-0.3, -0.25) is 4.79 Å². The molecule has 0 aromatic heterocycles. The Morgan fingerprint density at radius 1 is 1.19 bits per heavy atom. The average Bonchev–Trinajstić information content (AvgIpc) is 2.46. The lowest BCUT2D eigenvalue weighted by atomic mass is 10.1. The topological polar surface area (TPSA) is 32.3 Å². The average molecular weight is 303 g/mol. The van der Waals surface area contributed by atoms with Crippen LogP contribution in [0.2, 0.25) is 5.02 Å². The molecule has 0 aliphatic rings. The van der Waals surface area contributed by atoms with E-state index in [1.165, 1.54) is 0 Å². The van der Waals surface area contributed by atoms with E-state index in [2.05, 4.69) is 11.4 Å². The minimum absolute atomic E-state index is 0.0597. The van der Waals surface area contributed by atoms with Gasteiger partial charge in [-0.05, 0) is 29.3 Å². The molecule has 0 aliphatic carbocycles. The van der Waals surface area contributed by atoms with E-state index >= 15 is 0 Å². The predicted octanol–water partition coefficient (Wildman–Crippen LogP) is 3.93. The van der Waals surface area contributed by atoms with Gasteiger partial charge in [0.05, 0.1) is 0 Å². The fraction of sp³-hybridized carbons (Fsp3) is 0.235. The van der Waals surface area contributed by atoms with E-state index in [0.717, 1.165) is 21.8 Å². The quantitative estimate of drug-likeness (QED) is 0.907. The lowest BCUT2D eigenvalue weighted by Gasteiger charge is -2.16. The molecule has 2 aromatic carbocycles. The van der Waals surface area contributed by atoms with Gasteiger partial charge in [0.1, 0.15) is 0 Å². The Hall–Kier alpha value is -2.00. The summed E-state index contributed by atoms with van der Waals surface area (Å²) < 4.78 is 0. The Morgan fingerprint density at radius 2 is 1.95 bits per heavy atom. The summed E-state index contributed by atoms with van der Waals surface area (Å²) in [5, 5.41) is 4.12. The Morgan fingerprint density at radius 3 is 2.67 bits per heavy atom. The molecule has 0 spiro atoms. The molecule has 1 amide bonds. The number of rotatable bonds is 5. The van der Waals surface area contributed by atoms with Gasteiger partial charge in [-0.1, -0.05) is 41.9 Å². The van der Waals surface area contributed by atoms with E-state index < -0.39 is 0 Å². The monoisotopic (exact) mass is 302 g/mol. The third-order valence-electron chi connectivity index (χ3n) is 3.33. The van der Waals surface area contributed by atoms with Gasteiger partial charge in [0.25, 0.3) is 0 Å². The molecular weight excluding hydrogens is 284 g/mol.